The third kappa shape index (κ3) is 4.37. The largest absolute Gasteiger partial charge is 0.364 e. The van der Waals surface area contributed by atoms with Gasteiger partial charge in [0.25, 0.3) is 5.91 Å². The average molecular weight is 363 g/mol. The molecule has 0 fully saturated rings. The topological polar surface area (TPSA) is 77.1 Å². The minimum atomic E-state index is -0.468. The molecule has 2 amide bonds. The van der Waals surface area contributed by atoms with Crippen LogP contribution in [0.3, 0.4) is 0 Å². The summed E-state index contributed by atoms with van der Waals surface area (Å²) in [5, 5.41) is 3.79. The lowest BCUT2D eigenvalue weighted by atomic mass is 10.1. The first-order valence-corrected chi connectivity index (χ1v) is 9.12. The van der Waals surface area contributed by atoms with Crippen molar-refractivity contribution in [2.24, 2.45) is 11.7 Å². The number of fused-ring (bicyclic) bond motifs is 1. The minimum absolute atomic E-state index is 0.0151. The molecule has 3 rings (SSSR count). The van der Waals surface area contributed by atoms with E-state index in [2.05, 4.69) is 11.4 Å². The molecule has 0 bridgehead atoms. The van der Waals surface area contributed by atoms with Crippen molar-refractivity contribution in [2.45, 2.75) is 33.7 Å². The molecule has 3 N–H and O–H groups in total. The second-order valence-electron chi connectivity index (χ2n) is 7.39. The van der Waals surface area contributed by atoms with E-state index >= 15 is 0 Å². The van der Waals surface area contributed by atoms with Gasteiger partial charge in [0.2, 0.25) is 5.91 Å². The number of nitrogens with two attached hydrogens (primary N) is 1. The second kappa shape index (κ2) is 7.66. The average Bonchev–Trinajstić information content (AvgIpc) is 2.92. The van der Waals surface area contributed by atoms with E-state index in [1.165, 1.54) is 5.56 Å². The predicted molar refractivity (Wildman–Crippen MR) is 109 cm³/mol. The fraction of sp³-hybridized carbons (Fsp3) is 0.273. The van der Waals surface area contributed by atoms with Crippen LogP contribution in [-0.4, -0.2) is 16.4 Å². The summed E-state index contributed by atoms with van der Waals surface area (Å²) in [5.74, 6) is -0.187. The van der Waals surface area contributed by atoms with Gasteiger partial charge in [-0.2, -0.15) is 0 Å². The summed E-state index contributed by atoms with van der Waals surface area (Å²) in [4.78, 5) is 24.0. The third-order valence-electron chi connectivity index (χ3n) is 4.45. The Morgan fingerprint density at radius 2 is 1.89 bits per heavy atom. The molecule has 5 nitrogen and oxygen atoms in total. The highest BCUT2D eigenvalue weighted by Gasteiger charge is 2.15. The zero-order chi connectivity index (χ0) is 19.6. The minimum Gasteiger partial charge on any atom is -0.364 e. The van der Waals surface area contributed by atoms with Gasteiger partial charge in [-0.1, -0.05) is 43.7 Å². The Kier molecular flexibility index (Phi) is 5.31. The third-order valence-corrected chi connectivity index (χ3v) is 4.45. The number of carbonyl (C=O) groups is 2. The van der Waals surface area contributed by atoms with Crippen LogP contribution in [0, 0.1) is 12.8 Å². The summed E-state index contributed by atoms with van der Waals surface area (Å²) in [7, 11) is 0. The van der Waals surface area contributed by atoms with Gasteiger partial charge in [-0.25, -0.2) is 0 Å². The second-order valence-corrected chi connectivity index (χ2v) is 7.39. The fourth-order valence-corrected chi connectivity index (χ4v) is 3.30. The summed E-state index contributed by atoms with van der Waals surface area (Å²) < 4.78 is 1.92. The van der Waals surface area contributed by atoms with Gasteiger partial charge in [-0.15, -0.1) is 0 Å². The van der Waals surface area contributed by atoms with E-state index in [0.29, 0.717) is 24.6 Å². The number of benzene rings is 2. The van der Waals surface area contributed by atoms with E-state index in [0.717, 1.165) is 22.2 Å². The van der Waals surface area contributed by atoms with Crippen molar-refractivity contribution in [1.82, 2.24) is 4.57 Å². The van der Waals surface area contributed by atoms with Crippen LogP contribution >= 0.6 is 0 Å². The molecule has 0 unspecified atom stereocenters. The Balaban J connectivity index is 1.96. The van der Waals surface area contributed by atoms with E-state index in [-0.39, 0.29) is 5.91 Å². The molecule has 140 valence electrons. The van der Waals surface area contributed by atoms with Gasteiger partial charge in [0.05, 0.1) is 0 Å². The van der Waals surface area contributed by atoms with E-state index in [1.54, 1.807) is 6.07 Å². The number of aromatic nitrogens is 1. The summed E-state index contributed by atoms with van der Waals surface area (Å²) in [6.07, 6.45) is 0.471. The first-order valence-electron chi connectivity index (χ1n) is 9.12. The van der Waals surface area contributed by atoms with Gasteiger partial charge in [-0.3, -0.25) is 9.59 Å². The van der Waals surface area contributed by atoms with Gasteiger partial charge in [-0.05, 0) is 42.7 Å². The molecule has 0 spiro atoms. The van der Waals surface area contributed by atoms with Crippen LogP contribution in [0.2, 0.25) is 0 Å². The van der Waals surface area contributed by atoms with Crippen molar-refractivity contribution in [3.63, 3.8) is 0 Å². The maximum atomic E-state index is 12.0. The lowest BCUT2D eigenvalue weighted by Crippen LogP contribution is -2.17. The maximum absolute atomic E-state index is 12.0. The Bertz CT molecular complexity index is 1000. The smallest absolute Gasteiger partial charge is 0.265 e. The van der Waals surface area contributed by atoms with Gasteiger partial charge >= 0.3 is 0 Å². The predicted octanol–water partition coefficient (Wildman–Crippen LogP) is 4.08. The molecule has 0 atom stereocenters. The summed E-state index contributed by atoms with van der Waals surface area (Å²) >= 11 is 0. The van der Waals surface area contributed by atoms with Crippen LogP contribution in [0.1, 0.15) is 41.9 Å². The SMILES string of the molecule is Cc1cccc(Cn2c(C(N)=O)cc3cc(NC(=O)CC(C)C)ccc32)c1. The Labute approximate surface area is 159 Å². The number of primary amides is 1. The number of hydrogen-bond donors (Lipinski definition) is 2. The fourth-order valence-electron chi connectivity index (χ4n) is 3.30. The van der Waals surface area contributed by atoms with Gasteiger partial charge in [0.15, 0.2) is 0 Å². The van der Waals surface area contributed by atoms with E-state index in [1.807, 2.05) is 61.7 Å². The van der Waals surface area contributed by atoms with Crippen LogP contribution in [0.5, 0.6) is 0 Å². The van der Waals surface area contributed by atoms with Crippen LogP contribution in [0.15, 0.2) is 48.5 Å². The molecule has 1 heterocycles. The molecule has 27 heavy (non-hydrogen) atoms. The highest BCUT2D eigenvalue weighted by Crippen LogP contribution is 2.25. The highest BCUT2D eigenvalue weighted by atomic mass is 16.2. The van der Waals surface area contributed by atoms with Crippen LogP contribution < -0.4 is 11.1 Å². The normalized spacial score (nSPS) is 11.1. The van der Waals surface area contributed by atoms with Gasteiger partial charge in [0, 0.05) is 29.6 Å². The van der Waals surface area contributed by atoms with Crippen molar-refractivity contribution in [1.29, 1.82) is 0 Å². The number of carbonyl (C=O) groups excluding carboxylic acids is 2. The molecule has 3 aromatic rings. The lowest BCUT2D eigenvalue weighted by Gasteiger charge is -2.11. The number of anilines is 1. The molecule has 0 aliphatic heterocycles. The van der Waals surface area contributed by atoms with Crippen molar-refractivity contribution in [2.75, 3.05) is 5.32 Å². The molecular weight excluding hydrogens is 338 g/mol. The van der Waals surface area contributed by atoms with E-state index in [9.17, 15) is 9.59 Å². The van der Waals surface area contributed by atoms with Crippen molar-refractivity contribution < 1.29 is 9.59 Å². The zero-order valence-corrected chi connectivity index (χ0v) is 16.0. The van der Waals surface area contributed by atoms with Gasteiger partial charge < -0.3 is 15.6 Å². The van der Waals surface area contributed by atoms with Gasteiger partial charge in [0.1, 0.15) is 5.69 Å². The molecule has 2 aromatic carbocycles. The molecule has 0 saturated carbocycles. The molecule has 1 aromatic heterocycles. The number of nitrogens with one attached hydrogen (secondary N) is 1. The van der Waals surface area contributed by atoms with Crippen LogP contribution in [0.25, 0.3) is 10.9 Å². The summed E-state index contributed by atoms with van der Waals surface area (Å²) in [6.45, 7) is 6.61. The first-order chi connectivity index (χ1) is 12.8. The molecule has 0 aliphatic rings. The quantitative estimate of drug-likeness (QED) is 0.692. The van der Waals surface area contributed by atoms with Crippen LogP contribution in [0.4, 0.5) is 5.69 Å². The molecular formula is C22H25N3O2. The summed E-state index contributed by atoms with van der Waals surface area (Å²) in [6, 6.07) is 15.6. The number of aryl methyl sites for hydroxylation is 1. The number of amides is 2. The lowest BCUT2D eigenvalue weighted by molar-refractivity contribution is -0.116. The molecule has 5 heteroatoms. The molecule has 0 saturated heterocycles. The van der Waals surface area contributed by atoms with Crippen molar-refractivity contribution in [3.05, 3.63) is 65.4 Å². The summed E-state index contributed by atoms with van der Waals surface area (Å²) in [5.41, 5.74) is 9.96. The maximum Gasteiger partial charge on any atom is 0.265 e. The number of nitrogens with zero attached hydrogens (tertiary/aromatic N) is 1. The van der Waals surface area contributed by atoms with Crippen LogP contribution in [-0.2, 0) is 11.3 Å². The Hall–Kier alpha value is -3.08. The highest BCUT2D eigenvalue weighted by molar-refractivity contribution is 6.00. The number of hydrogen-bond acceptors (Lipinski definition) is 2. The number of rotatable bonds is 6. The zero-order valence-electron chi connectivity index (χ0n) is 16.0. The standard InChI is InChI=1S/C22H25N3O2/c1-14(2)9-21(26)24-18-7-8-19-17(11-18)12-20(22(23)27)25(19)13-16-6-4-5-15(3)10-16/h4-8,10-12,14H,9,13H2,1-3H3,(H2,23,27)(H,24,26). The Morgan fingerprint density at radius 1 is 1.11 bits per heavy atom. The van der Waals surface area contributed by atoms with E-state index in [4.69, 9.17) is 5.73 Å². The monoisotopic (exact) mass is 363 g/mol. The van der Waals surface area contributed by atoms with E-state index < -0.39 is 5.91 Å². The van der Waals surface area contributed by atoms with Crippen molar-refractivity contribution >= 4 is 28.4 Å². The first kappa shape index (κ1) is 18.7. The molecule has 0 radical (unpaired) electrons. The molecule has 0 aliphatic carbocycles. The van der Waals surface area contributed by atoms with Crippen molar-refractivity contribution in [3.8, 4) is 0 Å². The Morgan fingerprint density at radius 3 is 2.56 bits per heavy atom.